The molecule has 0 bridgehead atoms. The summed E-state index contributed by atoms with van der Waals surface area (Å²) < 4.78 is 40.3. The van der Waals surface area contributed by atoms with Gasteiger partial charge in [0.05, 0.1) is 0 Å². The smallest absolute Gasteiger partial charge is 0.257 e. The largest absolute Gasteiger partial charge is 0.369 e. The third kappa shape index (κ3) is 5.60. The number of halogens is 3. The number of rotatable bonds is 9. The number of piperazine rings is 1. The Balaban J connectivity index is 1.35. The van der Waals surface area contributed by atoms with Gasteiger partial charge in [0.1, 0.15) is 17.5 Å². The number of nitrogens with zero attached hydrogens (tertiary/aromatic N) is 3. The quantitative estimate of drug-likeness (QED) is 0.355. The Morgan fingerprint density at radius 2 is 1.28 bits per heavy atom. The highest BCUT2D eigenvalue weighted by Crippen LogP contribution is 2.34. The van der Waals surface area contributed by atoms with E-state index >= 15 is 0 Å². The van der Waals surface area contributed by atoms with Crippen LogP contribution < -0.4 is 10.2 Å². The van der Waals surface area contributed by atoms with Gasteiger partial charge in [0.2, 0.25) is 0 Å². The molecule has 1 fully saturated rings. The molecule has 36 heavy (non-hydrogen) atoms. The number of hydrogen-bond donors (Lipinski definition) is 1. The van der Waals surface area contributed by atoms with Crippen molar-refractivity contribution in [2.45, 2.75) is 12.0 Å². The third-order valence-electron chi connectivity index (χ3n) is 6.59. The summed E-state index contributed by atoms with van der Waals surface area (Å²) in [6.45, 7) is 8.30. The standard InChI is InChI=1S/C28H29F3N4O/c1-32-28(21-3-7-23(29)8-4-21,22-5-9-24(30)10-6-22)27(36)33-15-2-16-34-17-19-35(20-18-34)26-13-11-25(31)12-14-26/h3-14H,1-2,15-20H2,(H,33,36). The third-order valence-corrected chi connectivity index (χ3v) is 6.59. The Morgan fingerprint density at radius 3 is 1.75 bits per heavy atom. The molecule has 1 aliphatic rings. The average Bonchev–Trinajstić information content (AvgIpc) is 2.90. The van der Waals surface area contributed by atoms with Crippen LogP contribution in [0.4, 0.5) is 18.9 Å². The molecule has 0 spiro atoms. The highest BCUT2D eigenvalue weighted by atomic mass is 19.1. The van der Waals surface area contributed by atoms with Gasteiger partial charge in [-0.3, -0.25) is 14.7 Å². The first-order chi connectivity index (χ1) is 17.4. The first kappa shape index (κ1) is 25.4. The van der Waals surface area contributed by atoms with Gasteiger partial charge in [-0.15, -0.1) is 0 Å². The zero-order valence-electron chi connectivity index (χ0n) is 20.0. The fraction of sp³-hybridized carbons (Fsp3) is 0.286. The topological polar surface area (TPSA) is 47.9 Å². The van der Waals surface area contributed by atoms with E-state index in [1.165, 1.54) is 60.7 Å². The zero-order valence-corrected chi connectivity index (χ0v) is 20.0. The molecular formula is C28H29F3N4O. The van der Waals surface area contributed by atoms with Crippen LogP contribution in [0, 0.1) is 17.5 Å². The Bertz CT molecular complexity index is 1110. The Kier molecular flexibility index (Phi) is 8.05. The minimum absolute atomic E-state index is 0.242. The van der Waals surface area contributed by atoms with Crippen molar-refractivity contribution in [1.82, 2.24) is 10.2 Å². The lowest BCUT2D eigenvalue weighted by molar-refractivity contribution is -0.125. The molecule has 0 aliphatic carbocycles. The van der Waals surface area contributed by atoms with Crippen molar-refractivity contribution in [3.63, 3.8) is 0 Å². The predicted molar refractivity (Wildman–Crippen MR) is 136 cm³/mol. The summed E-state index contributed by atoms with van der Waals surface area (Å²) in [7, 11) is 0. The van der Waals surface area contributed by atoms with E-state index in [0.29, 0.717) is 17.7 Å². The van der Waals surface area contributed by atoms with Crippen molar-refractivity contribution in [3.8, 4) is 0 Å². The molecule has 1 amide bonds. The van der Waals surface area contributed by atoms with Gasteiger partial charge in [-0.25, -0.2) is 13.2 Å². The first-order valence-corrected chi connectivity index (χ1v) is 11.9. The summed E-state index contributed by atoms with van der Waals surface area (Å²) in [6.07, 6.45) is 0.725. The van der Waals surface area contributed by atoms with Crippen LogP contribution in [-0.2, 0) is 10.3 Å². The van der Waals surface area contributed by atoms with E-state index in [1.807, 2.05) is 0 Å². The second kappa shape index (κ2) is 11.4. The maximum atomic E-state index is 13.6. The zero-order chi connectivity index (χ0) is 25.5. The number of carbonyl (C=O) groups is 1. The van der Waals surface area contributed by atoms with Gasteiger partial charge in [0.15, 0.2) is 5.54 Å². The molecule has 8 heteroatoms. The molecule has 1 saturated heterocycles. The monoisotopic (exact) mass is 494 g/mol. The molecule has 0 saturated carbocycles. The molecule has 0 radical (unpaired) electrons. The molecule has 3 aromatic carbocycles. The van der Waals surface area contributed by atoms with Gasteiger partial charge >= 0.3 is 0 Å². The van der Waals surface area contributed by atoms with E-state index in [4.69, 9.17) is 0 Å². The van der Waals surface area contributed by atoms with Crippen molar-refractivity contribution in [2.24, 2.45) is 4.99 Å². The lowest BCUT2D eigenvalue weighted by atomic mass is 9.82. The highest BCUT2D eigenvalue weighted by molar-refractivity contribution is 5.92. The Labute approximate surface area is 209 Å². The minimum atomic E-state index is -1.53. The maximum Gasteiger partial charge on any atom is 0.257 e. The predicted octanol–water partition coefficient (Wildman–Crippen LogP) is 4.38. The van der Waals surface area contributed by atoms with Crippen molar-refractivity contribution in [2.75, 3.05) is 44.2 Å². The fourth-order valence-electron chi connectivity index (χ4n) is 4.58. The fourth-order valence-corrected chi connectivity index (χ4v) is 4.58. The molecule has 0 aromatic heterocycles. The minimum Gasteiger partial charge on any atom is -0.369 e. The summed E-state index contributed by atoms with van der Waals surface area (Å²) >= 11 is 0. The molecular weight excluding hydrogens is 465 g/mol. The molecule has 1 aliphatic heterocycles. The number of hydrogen-bond acceptors (Lipinski definition) is 4. The molecule has 4 rings (SSSR count). The van der Waals surface area contributed by atoms with Crippen LogP contribution >= 0.6 is 0 Å². The molecule has 1 heterocycles. The van der Waals surface area contributed by atoms with Crippen LogP contribution in [0.1, 0.15) is 17.5 Å². The molecule has 188 valence electrons. The summed E-state index contributed by atoms with van der Waals surface area (Å²) in [5.41, 5.74) is 0.375. The van der Waals surface area contributed by atoms with Crippen LogP contribution in [0.5, 0.6) is 0 Å². The van der Waals surface area contributed by atoms with E-state index in [-0.39, 0.29) is 5.82 Å². The SMILES string of the molecule is C=NC(C(=O)NCCCN1CCN(c2ccc(F)cc2)CC1)(c1ccc(F)cc1)c1ccc(F)cc1. The van der Waals surface area contributed by atoms with Crippen molar-refractivity contribution >= 4 is 18.3 Å². The highest BCUT2D eigenvalue weighted by Gasteiger charge is 2.41. The second-order valence-corrected chi connectivity index (χ2v) is 8.80. The van der Waals surface area contributed by atoms with Gasteiger partial charge in [0.25, 0.3) is 5.91 Å². The number of benzene rings is 3. The summed E-state index contributed by atoms with van der Waals surface area (Å²) in [5.74, 6) is -1.52. The van der Waals surface area contributed by atoms with E-state index in [2.05, 4.69) is 26.8 Å². The number of anilines is 1. The summed E-state index contributed by atoms with van der Waals surface area (Å²) in [5, 5.41) is 2.95. The second-order valence-electron chi connectivity index (χ2n) is 8.80. The van der Waals surface area contributed by atoms with Crippen LogP contribution in [0.3, 0.4) is 0 Å². The van der Waals surface area contributed by atoms with Crippen LogP contribution in [0.15, 0.2) is 77.8 Å². The molecule has 0 unspecified atom stereocenters. The van der Waals surface area contributed by atoms with E-state index in [1.54, 1.807) is 12.1 Å². The van der Waals surface area contributed by atoms with Crippen LogP contribution in [0.2, 0.25) is 0 Å². The molecule has 3 aromatic rings. The normalized spacial score (nSPS) is 14.5. The Morgan fingerprint density at radius 1 is 0.806 bits per heavy atom. The summed E-state index contributed by atoms with van der Waals surface area (Å²) in [6, 6.07) is 17.6. The van der Waals surface area contributed by atoms with Gasteiger partial charge in [-0.2, -0.15) is 0 Å². The first-order valence-electron chi connectivity index (χ1n) is 11.9. The van der Waals surface area contributed by atoms with Gasteiger partial charge in [-0.05, 0) is 79.3 Å². The summed E-state index contributed by atoms with van der Waals surface area (Å²) in [4.78, 5) is 22.2. The van der Waals surface area contributed by atoms with Crippen molar-refractivity contribution in [1.29, 1.82) is 0 Å². The van der Waals surface area contributed by atoms with E-state index in [0.717, 1.165) is 44.8 Å². The van der Waals surface area contributed by atoms with Crippen LogP contribution in [0.25, 0.3) is 0 Å². The van der Waals surface area contributed by atoms with Gasteiger partial charge in [-0.1, -0.05) is 24.3 Å². The molecule has 0 atom stereocenters. The number of aliphatic imine (C=N–C) groups is 1. The van der Waals surface area contributed by atoms with Gasteiger partial charge < -0.3 is 10.2 Å². The average molecular weight is 495 g/mol. The van der Waals surface area contributed by atoms with E-state index < -0.39 is 23.1 Å². The molecule has 1 N–H and O–H groups in total. The molecule has 5 nitrogen and oxygen atoms in total. The number of nitrogens with one attached hydrogen (secondary N) is 1. The van der Waals surface area contributed by atoms with Crippen molar-refractivity contribution < 1.29 is 18.0 Å². The number of amides is 1. The van der Waals surface area contributed by atoms with E-state index in [9.17, 15) is 18.0 Å². The lowest BCUT2D eigenvalue weighted by Crippen LogP contribution is -2.48. The Hall–Kier alpha value is -3.65. The maximum absolute atomic E-state index is 13.6. The van der Waals surface area contributed by atoms with Crippen LogP contribution in [-0.4, -0.2) is 56.8 Å². The van der Waals surface area contributed by atoms with Crippen molar-refractivity contribution in [3.05, 3.63) is 101 Å². The van der Waals surface area contributed by atoms with Gasteiger partial charge in [0, 0.05) is 38.4 Å². The number of carbonyl (C=O) groups excluding carboxylic acids is 1. The lowest BCUT2D eigenvalue weighted by Gasteiger charge is -2.36.